The Bertz CT molecular complexity index is 330. The molecule has 0 heterocycles. The summed E-state index contributed by atoms with van der Waals surface area (Å²) >= 11 is 0. The highest BCUT2D eigenvalue weighted by Gasteiger charge is 2.24. The monoisotopic (exact) mass is 383 g/mol. The van der Waals surface area contributed by atoms with Gasteiger partial charge in [-0.1, -0.05) is 111 Å². The largest absolute Gasteiger partial charge is 0.396 e. The number of rotatable bonds is 20. The SMILES string of the molecule is CCCCC(CO)C(CCCCCCCCCCCCCC(C)C)C(N)=O. The number of amides is 1. The normalized spacial score (nSPS) is 13.8. The van der Waals surface area contributed by atoms with Gasteiger partial charge in [0.1, 0.15) is 0 Å². The van der Waals surface area contributed by atoms with Crippen LogP contribution in [0.2, 0.25) is 0 Å². The Hall–Kier alpha value is -0.570. The lowest BCUT2D eigenvalue weighted by molar-refractivity contribution is -0.124. The third-order valence-corrected chi connectivity index (χ3v) is 5.89. The van der Waals surface area contributed by atoms with Gasteiger partial charge in [0.05, 0.1) is 0 Å². The number of primary amides is 1. The first-order valence-corrected chi connectivity index (χ1v) is 11.9. The minimum Gasteiger partial charge on any atom is -0.396 e. The van der Waals surface area contributed by atoms with Crippen molar-refractivity contribution in [1.29, 1.82) is 0 Å². The second-order valence-electron chi connectivity index (χ2n) is 8.95. The van der Waals surface area contributed by atoms with Crippen molar-refractivity contribution in [2.24, 2.45) is 23.5 Å². The Morgan fingerprint density at radius 2 is 1.19 bits per heavy atom. The minimum absolute atomic E-state index is 0.0583. The molecule has 3 heteroatoms. The van der Waals surface area contributed by atoms with E-state index in [2.05, 4.69) is 20.8 Å². The molecule has 0 fully saturated rings. The summed E-state index contributed by atoms with van der Waals surface area (Å²) in [5.74, 6) is 0.549. The van der Waals surface area contributed by atoms with Crippen LogP contribution in [0, 0.1) is 17.8 Å². The highest BCUT2D eigenvalue weighted by atomic mass is 16.3. The van der Waals surface area contributed by atoms with E-state index in [0.717, 1.165) is 38.0 Å². The van der Waals surface area contributed by atoms with E-state index in [-0.39, 0.29) is 24.3 Å². The molecule has 0 aliphatic rings. The van der Waals surface area contributed by atoms with Gasteiger partial charge in [-0.05, 0) is 24.7 Å². The number of unbranched alkanes of at least 4 members (excludes halogenated alkanes) is 11. The van der Waals surface area contributed by atoms with E-state index in [0.29, 0.717) is 0 Å². The second-order valence-corrected chi connectivity index (χ2v) is 8.95. The lowest BCUT2D eigenvalue weighted by atomic mass is 9.84. The minimum atomic E-state index is -0.224. The van der Waals surface area contributed by atoms with Crippen LogP contribution in [0.1, 0.15) is 124 Å². The van der Waals surface area contributed by atoms with E-state index < -0.39 is 0 Å². The number of aliphatic hydroxyl groups is 1. The zero-order chi connectivity index (χ0) is 20.3. The number of carbonyl (C=O) groups excluding carboxylic acids is 1. The van der Waals surface area contributed by atoms with Crippen molar-refractivity contribution in [3.05, 3.63) is 0 Å². The molecule has 0 aliphatic heterocycles. The number of hydrogen-bond acceptors (Lipinski definition) is 2. The van der Waals surface area contributed by atoms with E-state index in [1.807, 2.05) is 0 Å². The molecule has 0 aromatic heterocycles. The standard InChI is InChI=1S/C24H49NO2/c1-4-5-18-22(20-26)23(24(25)27)19-16-14-12-10-8-6-7-9-11-13-15-17-21(2)3/h21-23,26H,4-20H2,1-3H3,(H2,25,27). The summed E-state index contributed by atoms with van der Waals surface area (Å²) in [5.41, 5.74) is 5.59. The van der Waals surface area contributed by atoms with Gasteiger partial charge in [-0.3, -0.25) is 4.79 Å². The van der Waals surface area contributed by atoms with Crippen LogP contribution in [-0.4, -0.2) is 17.6 Å². The Labute approximate surface area is 169 Å². The molecule has 0 aliphatic carbocycles. The van der Waals surface area contributed by atoms with Crippen molar-refractivity contribution in [2.75, 3.05) is 6.61 Å². The fourth-order valence-electron chi connectivity index (χ4n) is 4.00. The van der Waals surface area contributed by atoms with Crippen LogP contribution < -0.4 is 5.73 Å². The highest BCUT2D eigenvalue weighted by molar-refractivity contribution is 5.76. The van der Waals surface area contributed by atoms with Gasteiger partial charge in [-0.25, -0.2) is 0 Å². The average molecular weight is 384 g/mol. The third kappa shape index (κ3) is 16.1. The Morgan fingerprint density at radius 3 is 1.56 bits per heavy atom. The molecule has 0 radical (unpaired) electrons. The summed E-state index contributed by atoms with van der Waals surface area (Å²) in [6, 6.07) is 0. The molecule has 1 amide bonds. The predicted octanol–water partition coefficient (Wildman–Crippen LogP) is 6.61. The van der Waals surface area contributed by atoms with E-state index in [9.17, 15) is 9.90 Å². The summed E-state index contributed by atoms with van der Waals surface area (Å²) in [7, 11) is 0. The smallest absolute Gasteiger partial charge is 0.220 e. The molecule has 27 heavy (non-hydrogen) atoms. The molecule has 2 unspecified atom stereocenters. The fraction of sp³-hybridized carbons (Fsp3) is 0.958. The topological polar surface area (TPSA) is 63.3 Å². The maximum Gasteiger partial charge on any atom is 0.220 e. The molecular weight excluding hydrogens is 334 g/mol. The van der Waals surface area contributed by atoms with Crippen molar-refractivity contribution in [2.45, 2.75) is 124 Å². The molecule has 0 saturated heterocycles. The highest BCUT2D eigenvalue weighted by Crippen LogP contribution is 2.24. The van der Waals surface area contributed by atoms with Gasteiger partial charge >= 0.3 is 0 Å². The summed E-state index contributed by atoms with van der Waals surface area (Å²) < 4.78 is 0. The first-order valence-electron chi connectivity index (χ1n) is 11.9. The van der Waals surface area contributed by atoms with Crippen molar-refractivity contribution >= 4 is 5.91 Å². The van der Waals surface area contributed by atoms with Crippen molar-refractivity contribution < 1.29 is 9.90 Å². The summed E-state index contributed by atoms with van der Waals surface area (Å²) in [6.45, 7) is 6.85. The molecular formula is C24H49NO2. The number of nitrogens with two attached hydrogens (primary N) is 1. The average Bonchev–Trinajstić information content (AvgIpc) is 2.63. The summed E-state index contributed by atoms with van der Waals surface area (Å²) in [5, 5.41) is 9.58. The van der Waals surface area contributed by atoms with Crippen LogP contribution in [0.3, 0.4) is 0 Å². The summed E-state index contributed by atoms with van der Waals surface area (Å²) in [6.07, 6.45) is 19.9. The van der Waals surface area contributed by atoms with Crippen LogP contribution in [0.5, 0.6) is 0 Å². The van der Waals surface area contributed by atoms with Gasteiger partial charge in [0.25, 0.3) is 0 Å². The van der Waals surface area contributed by atoms with Gasteiger partial charge in [-0.2, -0.15) is 0 Å². The Morgan fingerprint density at radius 1 is 0.741 bits per heavy atom. The number of carbonyl (C=O) groups is 1. The molecule has 0 aromatic rings. The van der Waals surface area contributed by atoms with Crippen molar-refractivity contribution in [3.63, 3.8) is 0 Å². The van der Waals surface area contributed by atoms with Crippen LogP contribution in [0.4, 0.5) is 0 Å². The first kappa shape index (κ1) is 26.4. The lowest BCUT2D eigenvalue weighted by Gasteiger charge is -2.22. The van der Waals surface area contributed by atoms with E-state index in [1.165, 1.54) is 70.6 Å². The van der Waals surface area contributed by atoms with Crippen LogP contribution in [0.15, 0.2) is 0 Å². The Kier molecular flexibility index (Phi) is 18.4. The van der Waals surface area contributed by atoms with Gasteiger partial charge in [0.2, 0.25) is 5.91 Å². The number of hydrogen-bond donors (Lipinski definition) is 2. The molecule has 3 N–H and O–H groups in total. The van der Waals surface area contributed by atoms with E-state index >= 15 is 0 Å². The van der Waals surface area contributed by atoms with Gasteiger partial charge in [0.15, 0.2) is 0 Å². The van der Waals surface area contributed by atoms with E-state index in [4.69, 9.17) is 5.73 Å². The van der Waals surface area contributed by atoms with Crippen molar-refractivity contribution in [1.82, 2.24) is 0 Å². The fourth-order valence-corrected chi connectivity index (χ4v) is 4.00. The maximum absolute atomic E-state index is 11.7. The van der Waals surface area contributed by atoms with Crippen molar-refractivity contribution in [3.8, 4) is 0 Å². The third-order valence-electron chi connectivity index (χ3n) is 5.89. The van der Waals surface area contributed by atoms with Gasteiger partial charge < -0.3 is 10.8 Å². The van der Waals surface area contributed by atoms with Gasteiger partial charge in [-0.15, -0.1) is 0 Å². The predicted molar refractivity (Wildman–Crippen MR) is 118 cm³/mol. The molecule has 0 aromatic carbocycles. The number of aliphatic hydroxyl groups excluding tert-OH is 1. The molecule has 0 saturated carbocycles. The molecule has 162 valence electrons. The van der Waals surface area contributed by atoms with E-state index in [1.54, 1.807) is 0 Å². The second kappa shape index (κ2) is 18.8. The molecule has 3 nitrogen and oxygen atoms in total. The zero-order valence-corrected chi connectivity index (χ0v) is 18.7. The molecule has 0 spiro atoms. The first-order chi connectivity index (χ1) is 13.0. The molecule has 0 rings (SSSR count). The Balaban J connectivity index is 3.58. The molecule has 2 atom stereocenters. The molecule has 0 bridgehead atoms. The van der Waals surface area contributed by atoms with Crippen LogP contribution in [-0.2, 0) is 4.79 Å². The zero-order valence-electron chi connectivity index (χ0n) is 18.7. The maximum atomic E-state index is 11.7. The summed E-state index contributed by atoms with van der Waals surface area (Å²) in [4.78, 5) is 11.7. The van der Waals surface area contributed by atoms with Gasteiger partial charge in [0, 0.05) is 12.5 Å². The van der Waals surface area contributed by atoms with Crippen LogP contribution in [0.25, 0.3) is 0 Å². The quantitative estimate of drug-likeness (QED) is 0.232. The van der Waals surface area contributed by atoms with Crippen LogP contribution >= 0.6 is 0 Å². The lowest BCUT2D eigenvalue weighted by Crippen LogP contribution is -2.32.